The molecule has 2 aliphatic heterocycles. The summed E-state index contributed by atoms with van der Waals surface area (Å²) >= 11 is 0. The molecule has 0 bridgehead atoms. The standard InChI is InChI=1S/C20H28N2O3/c1-13-9-14(2)18(16(4)23)15(3)17(13)10-22-8-6-7-20(12-22)11-21(5)19(24)25-20/h9H,6-8,10-12H2,1-5H3/t20-/m0/s1. The maximum atomic E-state index is 12.0. The number of benzene rings is 1. The summed E-state index contributed by atoms with van der Waals surface area (Å²) in [7, 11) is 1.80. The van der Waals surface area contributed by atoms with Gasteiger partial charge in [0.1, 0.15) is 5.60 Å². The molecule has 0 aromatic heterocycles. The van der Waals surface area contributed by atoms with Gasteiger partial charge in [-0.3, -0.25) is 9.69 Å². The molecule has 0 radical (unpaired) electrons. The molecule has 136 valence electrons. The number of likely N-dealkylation sites (N-methyl/N-ethyl adjacent to an activating group) is 1. The van der Waals surface area contributed by atoms with Crippen LogP contribution in [-0.2, 0) is 11.3 Å². The topological polar surface area (TPSA) is 49.9 Å². The van der Waals surface area contributed by atoms with Gasteiger partial charge in [0.2, 0.25) is 0 Å². The molecule has 2 heterocycles. The molecule has 3 rings (SSSR count). The fourth-order valence-corrected chi connectivity index (χ4v) is 4.57. The fourth-order valence-electron chi connectivity index (χ4n) is 4.57. The fraction of sp³-hybridized carbons (Fsp3) is 0.600. The van der Waals surface area contributed by atoms with Gasteiger partial charge in [0.05, 0.1) is 6.54 Å². The van der Waals surface area contributed by atoms with Gasteiger partial charge < -0.3 is 9.64 Å². The monoisotopic (exact) mass is 344 g/mol. The van der Waals surface area contributed by atoms with Crippen molar-refractivity contribution in [1.82, 2.24) is 9.80 Å². The molecular weight excluding hydrogens is 316 g/mol. The van der Waals surface area contributed by atoms with Crippen molar-refractivity contribution >= 4 is 11.9 Å². The Morgan fingerprint density at radius 2 is 1.96 bits per heavy atom. The van der Waals surface area contributed by atoms with Gasteiger partial charge in [0, 0.05) is 25.7 Å². The molecule has 1 spiro atoms. The second kappa shape index (κ2) is 6.45. The van der Waals surface area contributed by atoms with Crippen molar-refractivity contribution < 1.29 is 14.3 Å². The van der Waals surface area contributed by atoms with Crippen molar-refractivity contribution in [3.63, 3.8) is 0 Å². The lowest BCUT2D eigenvalue weighted by Gasteiger charge is -2.39. The van der Waals surface area contributed by atoms with E-state index in [1.807, 2.05) is 6.92 Å². The third kappa shape index (κ3) is 3.30. The predicted molar refractivity (Wildman–Crippen MR) is 97.0 cm³/mol. The molecule has 0 saturated carbocycles. The number of carbonyl (C=O) groups is 2. The molecule has 2 aliphatic rings. The second-order valence-corrected chi connectivity index (χ2v) is 7.77. The number of aryl methyl sites for hydroxylation is 2. The molecular formula is C20H28N2O3. The average molecular weight is 344 g/mol. The van der Waals surface area contributed by atoms with Crippen LogP contribution in [0.5, 0.6) is 0 Å². The summed E-state index contributed by atoms with van der Waals surface area (Å²) in [6, 6.07) is 2.11. The summed E-state index contributed by atoms with van der Waals surface area (Å²) in [4.78, 5) is 27.9. The van der Waals surface area contributed by atoms with Gasteiger partial charge in [-0.25, -0.2) is 4.79 Å². The van der Waals surface area contributed by atoms with Crippen molar-refractivity contribution in [3.8, 4) is 0 Å². The summed E-state index contributed by atoms with van der Waals surface area (Å²) in [6.07, 6.45) is 1.72. The lowest BCUT2D eigenvalue weighted by atomic mass is 9.89. The molecule has 1 aromatic carbocycles. The van der Waals surface area contributed by atoms with Crippen molar-refractivity contribution in [2.45, 2.75) is 52.7 Å². The van der Waals surface area contributed by atoms with E-state index in [2.05, 4.69) is 24.8 Å². The van der Waals surface area contributed by atoms with Gasteiger partial charge in [0.25, 0.3) is 0 Å². The first-order valence-electron chi connectivity index (χ1n) is 8.99. The molecule has 0 aliphatic carbocycles. The first kappa shape index (κ1) is 17.9. The van der Waals surface area contributed by atoms with Gasteiger partial charge in [-0.05, 0) is 69.3 Å². The van der Waals surface area contributed by atoms with E-state index in [0.717, 1.165) is 49.2 Å². The maximum absolute atomic E-state index is 12.0. The minimum absolute atomic E-state index is 0.123. The van der Waals surface area contributed by atoms with Crippen LogP contribution in [0, 0.1) is 20.8 Å². The van der Waals surface area contributed by atoms with E-state index in [0.29, 0.717) is 6.54 Å². The summed E-state index contributed by atoms with van der Waals surface area (Å²) in [5.74, 6) is 0.123. The van der Waals surface area contributed by atoms with Crippen LogP contribution in [0.15, 0.2) is 6.07 Å². The zero-order valence-electron chi connectivity index (χ0n) is 15.9. The van der Waals surface area contributed by atoms with Crippen molar-refractivity contribution in [2.24, 2.45) is 0 Å². The van der Waals surface area contributed by atoms with Gasteiger partial charge in [-0.15, -0.1) is 0 Å². The van der Waals surface area contributed by atoms with Crippen LogP contribution in [0.25, 0.3) is 0 Å². The van der Waals surface area contributed by atoms with Crippen LogP contribution in [0.3, 0.4) is 0 Å². The predicted octanol–water partition coefficient (Wildman–Crippen LogP) is 3.23. The molecule has 1 atom stereocenters. The minimum atomic E-state index is -0.375. The smallest absolute Gasteiger partial charge is 0.410 e. The Morgan fingerprint density at radius 1 is 1.24 bits per heavy atom. The second-order valence-electron chi connectivity index (χ2n) is 7.77. The molecule has 0 unspecified atom stereocenters. The summed E-state index contributed by atoms with van der Waals surface area (Å²) in [5, 5.41) is 0. The Bertz CT molecular complexity index is 728. The van der Waals surface area contributed by atoms with Crippen LogP contribution in [0.1, 0.15) is 52.4 Å². The summed E-state index contributed by atoms with van der Waals surface area (Å²) in [6.45, 7) is 11.0. The number of piperidine rings is 1. The van der Waals surface area contributed by atoms with Gasteiger partial charge in [-0.1, -0.05) is 6.07 Å². The summed E-state index contributed by atoms with van der Waals surface area (Å²) < 4.78 is 5.70. The molecule has 1 aromatic rings. The maximum Gasteiger partial charge on any atom is 0.410 e. The number of carbonyl (C=O) groups excluding carboxylic acids is 2. The van der Waals surface area contributed by atoms with E-state index in [1.54, 1.807) is 18.9 Å². The number of ketones is 1. The van der Waals surface area contributed by atoms with Crippen LogP contribution in [-0.4, -0.2) is 54.0 Å². The highest BCUT2D eigenvalue weighted by Crippen LogP contribution is 2.33. The highest BCUT2D eigenvalue weighted by atomic mass is 16.6. The molecule has 25 heavy (non-hydrogen) atoms. The van der Waals surface area contributed by atoms with Crippen molar-refractivity contribution in [2.75, 3.05) is 26.7 Å². The van der Waals surface area contributed by atoms with Crippen LogP contribution < -0.4 is 0 Å². The third-order valence-electron chi connectivity index (χ3n) is 5.62. The number of amides is 1. The van der Waals surface area contributed by atoms with E-state index in [4.69, 9.17) is 4.74 Å². The molecule has 2 fully saturated rings. The number of ether oxygens (including phenoxy) is 1. The van der Waals surface area contributed by atoms with E-state index >= 15 is 0 Å². The van der Waals surface area contributed by atoms with Crippen LogP contribution in [0.4, 0.5) is 4.79 Å². The number of rotatable bonds is 3. The first-order valence-corrected chi connectivity index (χ1v) is 8.99. The Balaban J connectivity index is 1.84. The van der Waals surface area contributed by atoms with Crippen LogP contribution >= 0.6 is 0 Å². The Labute approximate surface area is 149 Å². The first-order chi connectivity index (χ1) is 11.7. The highest BCUT2D eigenvalue weighted by Gasteiger charge is 2.46. The lowest BCUT2D eigenvalue weighted by molar-refractivity contribution is -0.0114. The number of hydrogen-bond donors (Lipinski definition) is 0. The normalized spacial score (nSPS) is 24.0. The Hall–Kier alpha value is -1.88. The molecule has 0 N–H and O–H groups in total. The zero-order chi connectivity index (χ0) is 18.4. The largest absolute Gasteiger partial charge is 0.440 e. The number of nitrogens with zero attached hydrogens (tertiary/aromatic N) is 2. The lowest BCUT2D eigenvalue weighted by Crippen LogP contribution is -2.50. The Kier molecular flexibility index (Phi) is 4.62. The molecule has 1 amide bonds. The van der Waals surface area contributed by atoms with E-state index in [1.165, 1.54) is 11.1 Å². The van der Waals surface area contributed by atoms with Gasteiger partial charge in [0.15, 0.2) is 5.78 Å². The number of Topliss-reactive ketones (excluding diaryl/α,β-unsaturated/α-hetero) is 1. The number of hydrogen-bond acceptors (Lipinski definition) is 4. The van der Waals surface area contributed by atoms with Gasteiger partial charge >= 0.3 is 6.09 Å². The van der Waals surface area contributed by atoms with Crippen molar-refractivity contribution in [1.29, 1.82) is 0 Å². The SMILES string of the molecule is CC(=O)c1c(C)cc(C)c(CN2CCC[C@@]3(C2)CN(C)C(=O)O3)c1C. The Morgan fingerprint density at radius 3 is 2.56 bits per heavy atom. The molecule has 2 saturated heterocycles. The average Bonchev–Trinajstić information content (AvgIpc) is 2.76. The van der Waals surface area contributed by atoms with Gasteiger partial charge in [-0.2, -0.15) is 0 Å². The minimum Gasteiger partial charge on any atom is -0.440 e. The van der Waals surface area contributed by atoms with Crippen molar-refractivity contribution in [3.05, 3.63) is 33.9 Å². The van der Waals surface area contributed by atoms with Crippen LogP contribution in [0.2, 0.25) is 0 Å². The zero-order valence-corrected chi connectivity index (χ0v) is 15.9. The quantitative estimate of drug-likeness (QED) is 0.790. The third-order valence-corrected chi connectivity index (χ3v) is 5.62. The molecule has 5 heteroatoms. The number of likely N-dealkylation sites (tertiary alicyclic amines) is 1. The highest BCUT2D eigenvalue weighted by molar-refractivity contribution is 5.97. The molecule has 5 nitrogen and oxygen atoms in total. The summed E-state index contributed by atoms with van der Waals surface area (Å²) in [5.41, 5.74) is 5.06. The van der Waals surface area contributed by atoms with E-state index in [-0.39, 0.29) is 17.5 Å². The van der Waals surface area contributed by atoms with E-state index in [9.17, 15) is 9.59 Å². The van der Waals surface area contributed by atoms with E-state index < -0.39 is 0 Å².